The molecular formula is C20H12N2O4S2. The molecule has 28 heavy (non-hydrogen) atoms. The second-order valence-corrected chi connectivity index (χ2v) is 8.03. The van der Waals surface area contributed by atoms with E-state index in [1.54, 1.807) is 60.7 Å². The Balaban J connectivity index is 1.45. The summed E-state index contributed by atoms with van der Waals surface area (Å²) in [6, 6.07) is 17.2. The maximum atomic E-state index is 12.6. The van der Waals surface area contributed by atoms with Crippen LogP contribution in [0.3, 0.4) is 0 Å². The van der Waals surface area contributed by atoms with Gasteiger partial charge in [0.1, 0.15) is 0 Å². The molecule has 2 aliphatic heterocycles. The van der Waals surface area contributed by atoms with Crippen LogP contribution in [0.1, 0.15) is 0 Å². The number of hydrogen-bond donors (Lipinski definition) is 0. The number of nitrogens with zero attached hydrogens (tertiary/aromatic N) is 2. The van der Waals surface area contributed by atoms with E-state index in [4.69, 9.17) is 0 Å². The number of imide groups is 2. The third-order valence-electron chi connectivity index (χ3n) is 4.03. The average molecular weight is 408 g/mol. The van der Waals surface area contributed by atoms with Gasteiger partial charge in [0, 0.05) is 12.2 Å². The van der Waals surface area contributed by atoms with E-state index in [0.717, 1.165) is 31.4 Å². The Labute approximate surface area is 168 Å². The van der Waals surface area contributed by atoms with Crippen molar-refractivity contribution in [1.82, 2.24) is 0 Å². The third kappa shape index (κ3) is 3.28. The summed E-state index contributed by atoms with van der Waals surface area (Å²) in [5, 5.41) is 0. The van der Waals surface area contributed by atoms with Crippen LogP contribution in [0.4, 0.5) is 11.4 Å². The Morgan fingerprint density at radius 3 is 1.25 bits per heavy atom. The quantitative estimate of drug-likeness (QED) is 0.558. The SMILES string of the molecule is O=C1C=C(SSC2=CC(=O)N(c3ccccc3)C2=O)C(=O)N1c1ccccc1. The fourth-order valence-electron chi connectivity index (χ4n) is 2.75. The van der Waals surface area contributed by atoms with Crippen molar-refractivity contribution in [2.75, 3.05) is 9.80 Å². The standard InChI is InChI=1S/C20H12N2O4S2/c23-17-11-15(19(25)21(17)13-7-3-1-4-8-13)27-28-16-12-18(24)22(20(16)26)14-9-5-2-6-10-14/h1-12H. The van der Waals surface area contributed by atoms with E-state index >= 15 is 0 Å². The summed E-state index contributed by atoms with van der Waals surface area (Å²) in [5.74, 6) is -1.78. The fourth-order valence-corrected chi connectivity index (χ4v) is 4.81. The summed E-state index contributed by atoms with van der Waals surface area (Å²) < 4.78 is 0. The normalized spacial score (nSPS) is 16.7. The molecule has 4 rings (SSSR count). The third-order valence-corrected chi connectivity index (χ3v) is 6.38. The second-order valence-electron chi connectivity index (χ2n) is 5.81. The molecule has 2 heterocycles. The summed E-state index contributed by atoms with van der Waals surface area (Å²) >= 11 is 0. The van der Waals surface area contributed by atoms with Gasteiger partial charge < -0.3 is 0 Å². The molecule has 2 aliphatic rings. The lowest BCUT2D eigenvalue weighted by Gasteiger charge is -2.15. The van der Waals surface area contributed by atoms with E-state index in [9.17, 15) is 19.2 Å². The number of amides is 4. The Morgan fingerprint density at radius 1 is 0.536 bits per heavy atom. The lowest BCUT2D eigenvalue weighted by molar-refractivity contribution is -0.121. The van der Waals surface area contributed by atoms with Gasteiger partial charge in [-0.3, -0.25) is 19.2 Å². The maximum Gasteiger partial charge on any atom is 0.272 e. The van der Waals surface area contributed by atoms with Crippen LogP contribution in [0, 0.1) is 0 Å². The Hall–Kier alpha value is -3.10. The number of para-hydroxylation sites is 2. The zero-order chi connectivity index (χ0) is 19.7. The van der Waals surface area contributed by atoms with E-state index in [0.29, 0.717) is 11.4 Å². The molecule has 0 fully saturated rings. The number of hydrogen-bond acceptors (Lipinski definition) is 6. The highest BCUT2D eigenvalue weighted by molar-refractivity contribution is 8.80. The van der Waals surface area contributed by atoms with Crippen molar-refractivity contribution < 1.29 is 19.2 Å². The zero-order valence-corrected chi connectivity index (χ0v) is 15.9. The van der Waals surface area contributed by atoms with Gasteiger partial charge in [0.25, 0.3) is 23.6 Å². The number of carbonyl (C=O) groups is 4. The number of benzene rings is 2. The minimum absolute atomic E-state index is 0.207. The van der Waals surface area contributed by atoms with E-state index in [2.05, 4.69) is 0 Å². The summed E-state index contributed by atoms with van der Waals surface area (Å²) in [5.41, 5.74) is 0.965. The molecule has 2 aromatic rings. The van der Waals surface area contributed by atoms with Crippen molar-refractivity contribution >= 4 is 56.6 Å². The van der Waals surface area contributed by atoms with Gasteiger partial charge in [-0.2, -0.15) is 0 Å². The van der Waals surface area contributed by atoms with E-state index in [-0.39, 0.29) is 9.81 Å². The largest absolute Gasteiger partial charge is 0.272 e. The van der Waals surface area contributed by atoms with Crippen LogP contribution in [0.2, 0.25) is 0 Å². The summed E-state index contributed by atoms with van der Waals surface area (Å²) in [6.45, 7) is 0. The van der Waals surface area contributed by atoms with Gasteiger partial charge in [-0.25, -0.2) is 9.80 Å². The van der Waals surface area contributed by atoms with Gasteiger partial charge >= 0.3 is 0 Å². The molecule has 4 amide bonds. The highest BCUT2D eigenvalue weighted by atomic mass is 33.1. The Morgan fingerprint density at radius 2 is 0.893 bits per heavy atom. The minimum atomic E-state index is -0.453. The molecule has 0 saturated heterocycles. The monoisotopic (exact) mass is 408 g/mol. The Bertz CT molecular complexity index is 963. The first-order valence-electron chi connectivity index (χ1n) is 8.21. The first-order valence-corrected chi connectivity index (χ1v) is 10.4. The van der Waals surface area contributed by atoms with Crippen molar-refractivity contribution in [2.45, 2.75) is 0 Å². The zero-order valence-electron chi connectivity index (χ0n) is 14.3. The molecule has 138 valence electrons. The predicted molar refractivity (Wildman–Crippen MR) is 109 cm³/mol. The van der Waals surface area contributed by atoms with Crippen LogP contribution in [0.15, 0.2) is 82.6 Å². The van der Waals surface area contributed by atoms with E-state index < -0.39 is 23.6 Å². The summed E-state index contributed by atoms with van der Waals surface area (Å²) in [7, 11) is 1.98. The Kier molecular flexibility index (Phi) is 4.89. The fraction of sp³-hybridized carbons (Fsp3) is 0. The molecular weight excluding hydrogens is 396 g/mol. The van der Waals surface area contributed by atoms with Crippen molar-refractivity contribution in [1.29, 1.82) is 0 Å². The van der Waals surface area contributed by atoms with Gasteiger partial charge in [-0.05, 0) is 45.9 Å². The van der Waals surface area contributed by atoms with Crippen LogP contribution in [-0.2, 0) is 19.2 Å². The highest BCUT2D eigenvalue weighted by Crippen LogP contribution is 2.42. The molecule has 0 aromatic heterocycles. The summed E-state index contributed by atoms with van der Waals surface area (Å²) in [4.78, 5) is 52.1. The molecule has 0 unspecified atom stereocenters. The van der Waals surface area contributed by atoms with Gasteiger partial charge in [0.15, 0.2) is 0 Å². The van der Waals surface area contributed by atoms with Crippen molar-refractivity contribution in [3.05, 3.63) is 82.6 Å². The average Bonchev–Trinajstić information content (AvgIpc) is 3.15. The van der Waals surface area contributed by atoms with Gasteiger partial charge in [0.2, 0.25) is 0 Å². The molecule has 0 radical (unpaired) electrons. The molecule has 2 aromatic carbocycles. The van der Waals surface area contributed by atoms with Crippen LogP contribution in [-0.4, -0.2) is 23.6 Å². The van der Waals surface area contributed by atoms with Crippen LogP contribution in [0.25, 0.3) is 0 Å². The number of carbonyl (C=O) groups excluding carboxylic acids is 4. The molecule has 0 bridgehead atoms. The van der Waals surface area contributed by atoms with Gasteiger partial charge in [-0.1, -0.05) is 36.4 Å². The first kappa shape index (κ1) is 18.3. The van der Waals surface area contributed by atoms with Crippen molar-refractivity contribution in [3.63, 3.8) is 0 Å². The minimum Gasteiger partial charge on any atom is -0.269 e. The molecule has 0 saturated carbocycles. The van der Waals surface area contributed by atoms with E-state index in [1.807, 2.05) is 0 Å². The van der Waals surface area contributed by atoms with Gasteiger partial charge in [-0.15, -0.1) is 0 Å². The molecule has 0 atom stereocenters. The lowest BCUT2D eigenvalue weighted by Crippen LogP contribution is -2.30. The van der Waals surface area contributed by atoms with E-state index in [1.165, 1.54) is 12.2 Å². The molecule has 0 N–H and O–H groups in total. The van der Waals surface area contributed by atoms with Crippen LogP contribution < -0.4 is 9.80 Å². The lowest BCUT2D eigenvalue weighted by atomic mass is 10.3. The number of rotatable bonds is 5. The van der Waals surface area contributed by atoms with Crippen LogP contribution in [0.5, 0.6) is 0 Å². The second kappa shape index (κ2) is 7.49. The smallest absolute Gasteiger partial charge is 0.269 e. The first-order chi connectivity index (χ1) is 13.6. The van der Waals surface area contributed by atoms with Crippen LogP contribution >= 0.6 is 21.6 Å². The van der Waals surface area contributed by atoms with Crippen molar-refractivity contribution in [3.8, 4) is 0 Å². The molecule has 0 aliphatic carbocycles. The number of anilines is 2. The summed E-state index contributed by atoms with van der Waals surface area (Å²) in [6.07, 6.45) is 2.48. The van der Waals surface area contributed by atoms with Gasteiger partial charge in [0.05, 0.1) is 21.2 Å². The highest BCUT2D eigenvalue weighted by Gasteiger charge is 2.36. The molecule has 8 heteroatoms. The van der Waals surface area contributed by atoms with Crippen molar-refractivity contribution in [2.24, 2.45) is 0 Å². The predicted octanol–water partition coefficient (Wildman–Crippen LogP) is 3.28. The molecule has 0 spiro atoms. The topological polar surface area (TPSA) is 74.8 Å². The molecule has 6 nitrogen and oxygen atoms in total. The maximum absolute atomic E-state index is 12.6.